The van der Waals surface area contributed by atoms with Crippen LogP contribution in [0, 0.1) is 6.92 Å². The summed E-state index contributed by atoms with van der Waals surface area (Å²) in [4.78, 5) is 74.9. The van der Waals surface area contributed by atoms with Gasteiger partial charge in [-0.2, -0.15) is 18.3 Å². The summed E-state index contributed by atoms with van der Waals surface area (Å²) in [5, 5.41) is 33.5. The van der Waals surface area contributed by atoms with E-state index in [2.05, 4.69) is 250 Å². The van der Waals surface area contributed by atoms with Crippen molar-refractivity contribution in [1.82, 2.24) is 66.2 Å². The number of carbonyl (C=O) groups excluding carboxylic acids is 5. The molecule has 680 valence electrons. The molecule has 0 bridgehead atoms. The second-order valence-corrected chi connectivity index (χ2v) is 34.4. The van der Waals surface area contributed by atoms with Crippen molar-refractivity contribution >= 4 is 63.6 Å². The number of aromatic nitrogens is 2. The van der Waals surface area contributed by atoms with Gasteiger partial charge in [-0.3, -0.25) is 44.1 Å². The second-order valence-electron chi connectivity index (χ2n) is 34.4. The van der Waals surface area contributed by atoms with Crippen molar-refractivity contribution in [2.45, 2.75) is 173 Å². The number of amides is 8. The molecule has 0 spiro atoms. The summed E-state index contributed by atoms with van der Waals surface area (Å²) in [5.41, 5.74) is 9.62. The number of benzene rings is 9. The Morgan fingerprint density at radius 3 is 1.57 bits per heavy atom. The summed E-state index contributed by atoms with van der Waals surface area (Å²) in [6, 6.07) is 83.1. The molecular weight excluding hydrogens is 1620 g/mol. The van der Waals surface area contributed by atoms with E-state index in [1.165, 1.54) is 71.4 Å². The van der Waals surface area contributed by atoms with Crippen LogP contribution in [0.15, 0.2) is 255 Å². The predicted octanol–water partition coefficient (Wildman–Crippen LogP) is 16.2. The minimum absolute atomic E-state index is 0.0764. The topological polar surface area (TPSA) is 240 Å². The summed E-state index contributed by atoms with van der Waals surface area (Å²) in [5.74, 6) is 0.171. The number of rotatable bonds is 25. The van der Waals surface area contributed by atoms with Crippen LogP contribution in [0.25, 0.3) is 10.8 Å². The van der Waals surface area contributed by atoms with Crippen LogP contribution in [-0.2, 0) is 59.6 Å². The third-order valence-electron chi connectivity index (χ3n) is 24.3. The van der Waals surface area contributed by atoms with Crippen LogP contribution in [-0.4, -0.2) is 205 Å². The minimum atomic E-state index is -4.42. The van der Waals surface area contributed by atoms with Crippen molar-refractivity contribution in [2.24, 2.45) is 0 Å². The van der Waals surface area contributed by atoms with E-state index >= 15 is 0 Å². The molecule has 0 radical (unpaired) electrons. The molecule has 6 saturated heterocycles. The monoisotopic (exact) mass is 1750 g/mol. The lowest BCUT2D eigenvalue weighted by atomic mass is 9.97. The van der Waals surface area contributed by atoms with E-state index in [9.17, 15) is 37.1 Å². The molecule has 7 heterocycles. The number of ether oxygens (including phenoxy) is 1. The molecule has 4 atom stereocenters. The zero-order valence-electron chi connectivity index (χ0n) is 74.7. The zero-order chi connectivity index (χ0) is 89.7. The summed E-state index contributed by atoms with van der Waals surface area (Å²) < 4.78 is 45.0. The van der Waals surface area contributed by atoms with Crippen molar-refractivity contribution in [3.63, 3.8) is 0 Å². The highest BCUT2D eigenvalue weighted by Gasteiger charge is 2.33. The van der Waals surface area contributed by atoms with Crippen LogP contribution in [0.2, 0.25) is 0 Å². The Bertz CT molecular complexity index is 4970. The average Bonchev–Trinajstić information content (AvgIpc) is 0.880. The average molecular weight is 1750 g/mol. The molecule has 6 aliphatic rings. The molecule has 1 aromatic heterocycles. The van der Waals surface area contributed by atoms with E-state index in [0.717, 1.165) is 171 Å². The maximum Gasteiger partial charge on any atom is 0.416 e. The molecule has 16 rings (SSSR count). The lowest BCUT2D eigenvalue weighted by Gasteiger charge is -2.38. The number of aryl methyl sites for hydroxylation is 1. The first kappa shape index (κ1) is 95.6. The summed E-state index contributed by atoms with van der Waals surface area (Å²) in [7, 11) is 1.65. The Labute approximate surface area is 753 Å². The van der Waals surface area contributed by atoms with E-state index in [1.807, 2.05) is 77.8 Å². The third-order valence-corrected chi connectivity index (χ3v) is 24.3. The molecule has 26 heteroatoms. The largest absolute Gasteiger partial charge is 0.416 e. The number of anilines is 4. The second kappa shape index (κ2) is 50.3. The number of carbonyl (C=O) groups is 5. The smallest absolute Gasteiger partial charge is 0.383 e. The van der Waals surface area contributed by atoms with Gasteiger partial charge in [-0.05, 0) is 174 Å². The quantitative estimate of drug-likeness (QED) is 0.0259. The van der Waals surface area contributed by atoms with Crippen molar-refractivity contribution in [3.8, 4) is 0 Å². The van der Waals surface area contributed by atoms with Crippen LogP contribution < -0.4 is 52.8 Å². The predicted molar refractivity (Wildman–Crippen MR) is 506 cm³/mol. The Morgan fingerprint density at radius 1 is 0.500 bits per heavy atom. The zero-order valence-corrected chi connectivity index (χ0v) is 74.7. The first-order chi connectivity index (χ1) is 62.2. The number of hydrogen-bond donors (Lipinski definition) is 9. The summed E-state index contributed by atoms with van der Waals surface area (Å²) in [6.45, 7) is 23.2. The Kier molecular flexibility index (Phi) is 37.6. The van der Waals surface area contributed by atoms with E-state index in [0.29, 0.717) is 50.1 Å². The molecule has 6 aliphatic heterocycles. The normalized spacial score (nSPS) is 18.4. The molecule has 10 aromatic rings. The van der Waals surface area contributed by atoms with Gasteiger partial charge in [0.2, 0.25) is 11.8 Å². The van der Waals surface area contributed by atoms with E-state index in [1.54, 1.807) is 17.9 Å². The first-order valence-corrected chi connectivity index (χ1v) is 45.6. The minimum Gasteiger partial charge on any atom is -0.383 e. The Hall–Kier alpha value is -11.5. The van der Waals surface area contributed by atoms with Gasteiger partial charge < -0.3 is 52.2 Å². The molecule has 0 saturated carbocycles. The number of urea groups is 3. The highest BCUT2D eigenvalue weighted by Crippen LogP contribution is 2.32. The number of fused-ring (bicyclic) bond motifs is 1. The van der Waals surface area contributed by atoms with Crippen molar-refractivity contribution < 1.29 is 41.9 Å². The number of alkyl halides is 3. The number of methoxy groups -OCH3 is 1. The number of nitrogens with one attached hydrogen (secondary N) is 9. The number of piperazine rings is 1. The van der Waals surface area contributed by atoms with Gasteiger partial charge >= 0.3 is 24.3 Å². The lowest BCUT2D eigenvalue weighted by Crippen LogP contribution is -2.56. The van der Waals surface area contributed by atoms with E-state index < -0.39 is 17.8 Å². The maximum atomic E-state index is 12.7. The van der Waals surface area contributed by atoms with E-state index in [-0.39, 0.29) is 60.3 Å². The maximum absolute atomic E-state index is 12.7. The molecule has 9 aromatic carbocycles. The number of likely N-dealkylation sites (tertiary alicyclic amines) is 4. The van der Waals surface area contributed by atoms with Crippen LogP contribution in [0.4, 0.5) is 50.4 Å². The van der Waals surface area contributed by atoms with Gasteiger partial charge in [0.15, 0.2) is 5.82 Å². The Balaban J connectivity index is 0.000000145. The fraction of sp³-hybridized carbons (Fsp3) is 0.412. The fourth-order valence-electron chi connectivity index (χ4n) is 17.3. The van der Waals surface area contributed by atoms with Gasteiger partial charge in [-0.15, -0.1) is 0 Å². The highest BCUT2D eigenvalue weighted by molar-refractivity contribution is 6.01. The number of piperidine rings is 5. The molecule has 0 aliphatic carbocycles. The van der Waals surface area contributed by atoms with Crippen LogP contribution in [0.3, 0.4) is 0 Å². The van der Waals surface area contributed by atoms with Gasteiger partial charge in [-0.25, -0.2) is 14.4 Å². The molecule has 8 amide bonds. The van der Waals surface area contributed by atoms with Gasteiger partial charge in [0, 0.05) is 164 Å². The number of halogens is 3. The SMILES string of the molecule is CC1CC(NC(=O)NC2CCCNC2=O)CCN1Cc1ccccc1.COCCn1ccc(NC(=O)NC2CCN(Cc3ccccc3)CC2)n1.Cc1cccc(CC(C)NC2CCN(Cc3ccccc3)CC2)c1.O=C(CN1CCN(c2ccccc2)CC1)Nc1cccc(C(F)(F)F)c1.O=C(Nc1cccc2ccccc12)NC1CCN(Cc2ccccc2)CC1. The molecule has 9 N–H and O–H groups in total. The van der Waals surface area contributed by atoms with Crippen LogP contribution in [0.5, 0.6) is 0 Å². The summed E-state index contributed by atoms with van der Waals surface area (Å²) in [6.07, 6.45) is 8.40. The highest BCUT2D eigenvalue weighted by atomic mass is 19.4. The van der Waals surface area contributed by atoms with Crippen LogP contribution >= 0.6 is 0 Å². The molecular formula is C102H130F3N17O6. The van der Waals surface area contributed by atoms with Crippen molar-refractivity contribution in [3.05, 3.63) is 294 Å². The number of nitrogens with zero attached hydrogens (tertiary/aromatic N) is 8. The molecule has 128 heavy (non-hydrogen) atoms. The molecule has 4 unspecified atom stereocenters. The van der Waals surface area contributed by atoms with Gasteiger partial charge in [-0.1, -0.05) is 212 Å². The third kappa shape index (κ3) is 32.7. The van der Waals surface area contributed by atoms with Crippen LogP contribution in [0.1, 0.15) is 117 Å². The Morgan fingerprint density at radius 2 is 1.01 bits per heavy atom. The van der Waals surface area contributed by atoms with Crippen molar-refractivity contribution in [1.29, 1.82) is 0 Å². The molecule has 6 fully saturated rings. The van der Waals surface area contributed by atoms with Gasteiger partial charge in [0.05, 0.1) is 30.9 Å². The van der Waals surface area contributed by atoms with E-state index in [4.69, 9.17) is 4.74 Å². The van der Waals surface area contributed by atoms with Crippen molar-refractivity contribution in [2.75, 3.05) is 120 Å². The lowest BCUT2D eigenvalue weighted by molar-refractivity contribution is -0.137. The molecule has 23 nitrogen and oxygen atoms in total. The number of hydrogen-bond acceptors (Lipinski definition) is 14. The van der Waals surface area contributed by atoms with Gasteiger partial charge in [0.1, 0.15) is 6.04 Å². The first-order valence-electron chi connectivity index (χ1n) is 45.6. The standard InChI is InChI=1S/C23H25N3O.C22H30N2.C19H20F3N3O.C19H27N5O2.C19H28N4O2/c27-23(25-22-12-6-10-19-9-4-5-11-21(19)22)24-20-13-15-26(16-14-20)17-18-7-2-1-3-8-18;1-18-7-6-10-21(15-18)16-19(2)23-22-11-13-24(14-12-22)17-20-8-4-3-5-9-20;20-19(21,22)15-5-4-6-16(13-15)23-18(26)14-24-9-11-25(12-10-24)17-7-2-1-3-8-17;1-26-14-13-24-12-9-18(22-24)21-19(25)20-17-7-10-23(11-8-17)15-16-5-3-2-4-6-16;1-14-12-16(9-11-23(14)13-15-6-3-2-4-7-15)21-19(25)22-17-8-5-10-20-18(17)24/h1-12,20H,13-17H2,(H2,24,25,27);3-10,15,19,22-23H,11-14,16-17H2,1-2H3;1-8,13H,9-12,14H2,(H,23,26);2-6,9,12,17H,7-8,10-11,13-15H2,1H3,(H2,20,21,22,25);2-4,6-7,14,16-17H,5,8-13H2,1H3,(H,20,24)(H2,21,22,25). The fourth-order valence-corrected chi connectivity index (χ4v) is 17.3. The summed E-state index contributed by atoms with van der Waals surface area (Å²) >= 11 is 0. The number of para-hydroxylation sites is 1. The van der Waals surface area contributed by atoms with Gasteiger partial charge in [0.25, 0.3) is 0 Å².